The van der Waals surface area contributed by atoms with Crippen molar-refractivity contribution in [3.8, 4) is 33.6 Å². The maximum absolute atomic E-state index is 2.50. The van der Waals surface area contributed by atoms with Crippen LogP contribution in [0.1, 0.15) is 25.0 Å². The minimum Gasteiger partial charge on any atom is -0.309 e. The van der Waals surface area contributed by atoms with Gasteiger partial charge in [0.2, 0.25) is 0 Å². The summed E-state index contributed by atoms with van der Waals surface area (Å²) in [4.78, 5) is 0. The lowest BCUT2D eigenvalue weighted by Gasteiger charge is -2.23. The first-order valence-electron chi connectivity index (χ1n) is 16.5. The van der Waals surface area contributed by atoms with Gasteiger partial charge in [-0.25, -0.2) is 0 Å². The van der Waals surface area contributed by atoms with Gasteiger partial charge >= 0.3 is 0 Å². The molecule has 222 valence electrons. The van der Waals surface area contributed by atoms with E-state index in [9.17, 15) is 0 Å². The third kappa shape index (κ3) is 3.56. The Morgan fingerprint density at radius 1 is 0.383 bits per heavy atom. The molecule has 1 aliphatic rings. The first-order valence-corrected chi connectivity index (χ1v) is 16.5. The van der Waals surface area contributed by atoms with E-state index in [4.69, 9.17) is 0 Å². The second kappa shape index (κ2) is 9.57. The fraction of sp³-hybridized carbons (Fsp3) is 0.0667. The second-order valence-corrected chi connectivity index (χ2v) is 13.3. The number of nitrogens with zero attached hydrogens (tertiary/aromatic N) is 2. The van der Waals surface area contributed by atoms with Crippen LogP contribution < -0.4 is 0 Å². The Kier molecular flexibility index (Phi) is 5.37. The highest BCUT2D eigenvalue weighted by atomic mass is 15.0. The molecule has 0 fully saturated rings. The number of benzene rings is 7. The molecule has 0 bridgehead atoms. The largest absolute Gasteiger partial charge is 0.309 e. The molecule has 0 N–H and O–H groups in total. The minimum atomic E-state index is -0.113. The van der Waals surface area contributed by atoms with Crippen molar-refractivity contribution in [2.24, 2.45) is 0 Å². The molecule has 0 spiro atoms. The van der Waals surface area contributed by atoms with Crippen LogP contribution in [-0.2, 0) is 5.41 Å². The zero-order chi connectivity index (χ0) is 31.3. The van der Waals surface area contributed by atoms with Crippen LogP contribution in [0.15, 0.2) is 158 Å². The Morgan fingerprint density at radius 3 is 1.68 bits per heavy atom. The van der Waals surface area contributed by atoms with Crippen molar-refractivity contribution >= 4 is 43.6 Å². The number of hydrogen-bond donors (Lipinski definition) is 0. The van der Waals surface area contributed by atoms with Gasteiger partial charge in [0.05, 0.1) is 22.1 Å². The lowest BCUT2D eigenvalue weighted by molar-refractivity contribution is 0.664. The van der Waals surface area contributed by atoms with Crippen LogP contribution in [0.5, 0.6) is 0 Å². The molecule has 0 atom stereocenters. The molecule has 2 nitrogen and oxygen atoms in total. The molecule has 10 rings (SSSR count). The molecule has 0 radical (unpaired) electrons. The fourth-order valence-corrected chi connectivity index (χ4v) is 8.47. The molecule has 0 saturated heterocycles. The van der Waals surface area contributed by atoms with Crippen LogP contribution in [0.25, 0.3) is 77.2 Å². The summed E-state index contributed by atoms with van der Waals surface area (Å²) in [5, 5.41) is 5.14. The molecule has 9 aromatic rings. The summed E-state index contributed by atoms with van der Waals surface area (Å²) in [5.74, 6) is 0. The third-order valence-electron chi connectivity index (χ3n) is 10.5. The maximum atomic E-state index is 2.50. The molecular formula is C45H32N2. The van der Waals surface area contributed by atoms with Gasteiger partial charge in [0.15, 0.2) is 0 Å². The smallest absolute Gasteiger partial charge is 0.0619 e. The number of hydrogen-bond acceptors (Lipinski definition) is 0. The Bertz CT molecular complexity index is 2680. The molecule has 2 heterocycles. The Labute approximate surface area is 273 Å². The van der Waals surface area contributed by atoms with Crippen LogP contribution in [0, 0.1) is 0 Å². The molecule has 0 amide bonds. The minimum absolute atomic E-state index is 0.113. The summed E-state index contributed by atoms with van der Waals surface area (Å²) >= 11 is 0. The third-order valence-corrected chi connectivity index (χ3v) is 10.5. The number of para-hydroxylation sites is 4. The average molecular weight is 601 g/mol. The summed E-state index contributed by atoms with van der Waals surface area (Å²) in [6.07, 6.45) is 0. The summed E-state index contributed by atoms with van der Waals surface area (Å²) in [5.41, 5.74) is 15.2. The van der Waals surface area contributed by atoms with Crippen molar-refractivity contribution in [1.29, 1.82) is 0 Å². The Hall–Kier alpha value is -5.86. The molecule has 0 aliphatic heterocycles. The summed E-state index contributed by atoms with van der Waals surface area (Å²) in [6.45, 7) is 4.77. The predicted octanol–water partition coefficient (Wildman–Crippen LogP) is 11.9. The van der Waals surface area contributed by atoms with Crippen molar-refractivity contribution in [3.05, 3.63) is 169 Å². The zero-order valence-electron chi connectivity index (χ0n) is 26.4. The van der Waals surface area contributed by atoms with E-state index < -0.39 is 0 Å². The van der Waals surface area contributed by atoms with E-state index in [0.717, 1.165) is 0 Å². The van der Waals surface area contributed by atoms with E-state index in [1.807, 2.05) is 0 Å². The highest BCUT2D eigenvalue weighted by Crippen LogP contribution is 2.53. The predicted molar refractivity (Wildman–Crippen MR) is 198 cm³/mol. The number of fused-ring (bicyclic) bond motifs is 10. The van der Waals surface area contributed by atoms with Crippen LogP contribution in [0.3, 0.4) is 0 Å². The molecule has 0 saturated carbocycles. The second-order valence-electron chi connectivity index (χ2n) is 13.3. The van der Waals surface area contributed by atoms with Gasteiger partial charge in [-0.15, -0.1) is 0 Å². The lowest BCUT2D eigenvalue weighted by Crippen LogP contribution is -2.16. The van der Waals surface area contributed by atoms with E-state index in [0.29, 0.717) is 0 Å². The fourth-order valence-electron chi connectivity index (χ4n) is 8.47. The average Bonchev–Trinajstić information content (AvgIpc) is 3.72. The summed E-state index contributed by atoms with van der Waals surface area (Å²) in [6, 6.07) is 57.9. The highest BCUT2D eigenvalue weighted by molar-refractivity contribution is 6.15. The molecule has 47 heavy (non-hydrogen) atoms. The molecule has 1 aliphatic carbocycles. The summed E-state index contributed by atoms with van der Waals surface area (Å²) < 4.78 is 4.92. The maximum Gasteiger partial charge on any atom is 0.0619 e. The molecule has 0 unspecified atom stereocenters. The summed E-state index contributed by atoms with van der Waals surface area (Å²) in [7, 11) is 0. The van der Waals surface area contributed by atoms with Gasteiger partial charge in [0, 0.05) is 43.9 Å². The van der Waals surface area contributed by atoms with Crippen molar-refractivity contribution in [3.63, 3.8) is 0 Å². The van der Waals surface area contributed by atoms with E-state index in [1.165, 1.54) is 88.4 Å². The van der Waals surface area contributed by atoms with Crippen LogP contribution in [0.4, 0.5) is 0 Å². The van der Waals surface area contributed by atoms with Gasteiger partial charge in [0.25, 0.3) is 0 Å². The number of rotatable bonds is 3. The molecule has 2 aromatic heterocycles. The van der Waals surface area contributed by atoms with Gasteiger partial charge in [-0.2, -0.15) is 0 Å². The van der Waals surface area contributed by atoms with Crippen molar-refractivity contribution in [2.45, 2.75) is 19.3 Å². The van der Waals surface area contributed by atoms with Crippen molar-refractivity contribution < 1.29 is 0 Å². The monoisotopic (exact) mass is 600 g/mol. The van der Waals surface area contributed by atoms with Crippen molar-refractivity contribution in [2.75, 3.05) is 0 Å². The normalized spacial score (nSPS) is 13.5. The van der Waals surface area contributed by atoms with Gasteiger partial charge in [-0.05, 0) is 64.2 Å². The quantitative estimate of drug-likeness (QED) is 0.191. The number of aromatic nitrogens is 2. The van der Waals surface area contributed by atoms with Crippen LogP contribution in [-0.4, -0.2) is 9.13 Å². The highest BCUT2D eigenvalue weighted by Gasteiger charge is 2.38. The SMILES string of the molecule is CC1(C)c2ccccc2-c2ccc3c4ccccc4n(-c4ccc(-c5cccc6c7ccccc7n(-c7ccccc7)c56)cc4)c3c21. The van der Waals surface area contributed by atoms with Crippen molar-refractivity contribution in [1.82, 2.24) is 9.13 Å². The van der Waals surface area contributed by atoms with Crippen LogP contribution >= 0.6 is 0 Å². The lowest BCUT2D eigenvalue weighted by atomic mass is 9.81. The first-order chi connectivity index (χ1) is 23.1. The van der Waals surface area contributed by atoms with Gasteiger partial charge in [-0.3, -0.25) is 0 Å². The molecule has 2 heteroatoms. The first kappa shape index (κ1) is 26.4. The van der Waals surface area contributed by atoms with E-state index in [1.54, 1.807) is 0 Å². The van der Waals surface area contributed by atoms with Gasteiger partial charge in [-0.1, -0.05) is 135 Å². The van der Waals surface area contributed by atoms with Gasteiger partial charge < -0.3 is 9.13 Å². The topological polar surface area (TPSA) is 9.86 Å². The Morgan fingerprint density at radius 2 is 0.936 bits per heavy atom. The zero-order valence-corrected chi connectivity index (χ0v) is 26.4. The molecule has 7 aromatic carbocycles. The standard InChI is InChI=1S/C45H32N2/c1-45(2)39-20-9-6-15-33(39)36-27-28-38-35-17-8-11-22-41(35)47(44(38)42(36)45)31-25-23-29(24-26-31)32-18-12-19-37-34-16-7-10-21-40(34)46(43(32)37)30-13-4-3-5-14-30/h3-28H,1-2H3. The van der Waals surface area contributed by atoms with E-state index in [2.05, 4.69) is 181 Å². The van der Waals surface area contributed by atoms with Crippen LogP contribution in [0.2, 0.25) is 0 Å². The van der Waals surface area contributed by atoms with Gasteiger partial charge in [0.1, 0.15) is 0 Å². The Balaban J connectivity index is 1.22. The van der Waals surface area contributed by atoms with E-state index in [-0.39, 0.29) is 5.41 Å². The van der Waals surface area contributed by atoms with E-state index >= 15 is 0 Å². The molecular weight excluding hydrogens is 569 g/mol.